The highest BCUT2D eigenvalue weighted by Crippen LogP contribution is 2.62. The van der Waals surface area contributed by atoms with Crippen molar-refractivity contribution in [3.8, 4) is 0 Å². The molecule has 4 fully saturated rings. The van der Waals surface area contributed by atoms with E-state index in [9.17, 15) is 4.79 Å². The van der Waals surface area contributed by atoms with Gasteiger partial charge in [-0.05, 0) is 12.3 Å². The van der Waals surface area contributed by atoms with E-state index in [1.165, 1.54) is 7.11 Å². The fraction of sp³-hybridized carbons (Fsp3) is 0.900. The zero-order valence-electron chi connectivity index (χ0n) is 8.19. The Morgan fingerprint density at radius 3 is 2.79 bits per heavy atom. The molecule has 3 atom stereocenters. The number of ether oxygens (including phenoxy) is 3. The van der Waals surface area contributed by atoms with Crippen LogP contribution in [0.1, 0.15) is 12.8 Å². The number of esters is 1. The molecule has 0 amide bonds. The van der Waals surface area contributed by atoms with Gasteiger partial charge < -0.3 is 14.2 Å². The standard InChI is InChI=1S/C10H14O4/c1-12-9(11)8-6-4-7(8)10(5-6)13-2-3-14-10/h6-8H,2-5H2,1H3/t6-,7-,8-/m0/s1. The molecular weight excluding hydrogens is 184 g/mol. The van der Waals surface area contributed by atoms with Gasteiger partial charge in [0.15, 0.2) is 5.79 Å². The van der Waals surface area contributed by atoms with Crippen molar-refractivity contribution in [1.82, 2.24) is 0 Å². The Labute approximate surface area is 82.5 Å². The third-order valence-electron chi connectivity index (χ3n) is 3.86. The third kappa shape index (κ3) is 0.880. The molecule has 0 aromatic carbocycles. The molecule has 3 aliphatic carbocycles. The predicted octanol–water partition coefficient (Wildman–Crippen LogP) is 0.558. The summed E-state index contributed by atoms with van der Waals surface area (Å²) in [6.45, 7) is 1.33. The Kier molecular flexibility index (Phi) is 1.67. The maximum atomic E-state index is 11.5. The van der Waals surface area contributed by atoms with Gasteiger partial charge in [0, 0.05) is 12.3 Å². The van der Waals surface area contributed by atoms with E-state index in [1.54, 1.807) is 0 Å². The maximum absolute atomic E-state index is 11.5. The van der Waals surface area contributed by atoms with Crippen LogP contribution in [0.5, 0.6) is 0 Å². The second kappa shape index (κ2) is 2.70. The Balaban J connectivity index is 1.80. The van der Waals surface area contributed by atoms with E-state index in [2.05, 4.69) is 0 Å². The largest absolute Gasteiger partial charge is 0.469 e. The lowest BCUT2D eigenvalue weighted by atomic mass is 9.71. The number of hydrogen-bond acceptors (Lipinski definition) is 4. The summed E-state index contributed by atoms with van der Waals surface area (Å²) in [5.41, 5.74) is 0. The molecule has 4 heteroatoms. The van der Waals surface area contributed by atoms with Gasteiger partial charge in [0.2, 0.25) is 0 Å². The Hall–Kier alpha value is -0.610. The highest BCUT2D eigenvalue weighted by molar-refractivity contribution is 5.75. The lowest BCUT2D eigenvalue weighted by molar-refractivity contribution is -0.190. The van der Waals surface area contributed by atoms with Crippen molar-refractivity contribution >= 4 is 5.97 Å². The lowest BCUT2D eigenvalue weighted by Crippen LogP contribution is -2.43. The van der Waals surface area contributed by atoms with Crippen LogP contribution in [0.4, 0.5) is 0 Å². The molecule has 1 aliphatic heterocycles. The molecule has 1 heterocycles. The summed E-state index contributed by atoms with van der Waals surface area (Å²) in [7, 11) is 1.45. The van der Waals surface area contributed by atoms with Gasteiger partial charge in [-0.3, -0.25) is 4.79 Å². The maximum Gasteiger partial charge on any atom is 0.309 e. The fourth-order valence-corrected chi connectivity index (χ4v) is 3.23. The van der Waals surface area contributed by atoms with Gasteiger partial charge in [0.1, 0.15) is 0 Å². The van der Waals surface area contributed by atoms with Gasteiger partial charge in [0.25, 0.3) is 0 Å². The van der Waals surface area contributed by atoms with E-state index >= 15 is 0 Å². The SMILES string of the molecule is COC(=O)[C@H]1[C@H]2C[C@@H]1C1(C2)OCCO1. The van der Waals surface area contributed by atoms with Gasteiger partial charge >= 0.3 is 5.97 Å². The number of methoxy groups -OCH3 is 1. The van der Waals surface area contributed by atoms with Crippen molar-refractivity contribution in [3.05, 3.63) is 0 Å². The van der Waals surface area contributed by atoms with Crippen molar-refractivity contribution in [2.24, 2.45) is 17.8 Å². The van der Waals surface area contributed by atoms with Crippen LogP contribution in [0.3, 0.4) is 0 Å². The molecule has 0 N–H and O–H groups in total. The van der Waals surface area contributed by atoms with E-state index in [1.807, 2.05) is 0 Å². The van der Waals surface area contributed by atoms with Crippen molar-refractivity contribution in [2.45, 2.75) is 18.6 Å². The highest BCUT2D eigenvalue weighted by Gasteiger charge is 2.67. The van der Waals surface area contributed by atoms with Gasteiger partial charge in [-0.2, -0.15) is 0 Å². The summed E-state index contributed by atoms with van der Waals surface area (Å²) in [6, 6.07) is 0. The second-order valence-corrected chi connectivity index (χ2v) is 4.36. The normalized spacial score (nSPS) is 42.5. The van der Waals surface area contributed by atoms with Crippen LogP contribution >= 0.6 is 0 Å². The fourth-order valence-electron chi connectivity index (χ4n) is 3.23. The highest BCUT2D eigenvalue weighted by atomic mass is 16.7. The van der Waals surface area contributed by atoms with Crippen LogP contribution in [-0.4, -0.2) is 32.1 Å². The molecule has 4 aliphatic rings. The van der Waals surface area contributed by atoms with E-state index < -0.39 is 5.79 Å². The summed E-state index contributed by atoms with van der Waals surface area (Å²) in [5.74, 6) is 0.164. The van der Waals surface area contributed by atoms with Crippen molar-refractivity contribution in [2.75, 3.05) is 20.3 Å². The molecule has 0 aromatic heterocycles. The van der Waals surface area contributed by atoms with Crippen LogP contribution in [0.2, 0.25) is 0 Å². The minimum Gasteiger partial charge on any atom is -0.469 e. The summed E-state index contributed by atoms with van der Waals surface area (Å²) >= 11 is 0. The Morgan fingerprint density at radius 1 is 1.43 bits per heavy atom. The van der Waals surface area contributed by atoms with Crippen molar-refractivity contribution < 1.29 is 19.0 Å². The quantitative estimate of drug-likeness (QED) is 0.577. The van der Waals surface area contributed by atoms with Gasteiger partial charge in [0.05, 0.1) is 26.2 Å². The number of hydrogen-bond donors (Lipinski definition) is 0. The van der Waals surface area contributed by atoms with E-state index in [0.717, 1.165) is 12.8 Å². The third-order valence-corrected chi connectivity index (χ3v) is 3.86. The predicted molar refractivity (Wildman–Crippen MR) is 46.4 cm³/mol. The van der Waals surface area contributed by atoms with Crippen LogP contribution in [0.15, 0.2) is 0 Å². The summed E-state index contributed by atoms with van der Waals surface area (Å²) in [6.07, 6.45) is 1.93. The molecule has 3 saturated carbocycles. The molecule has 0 aromatic rings. The van der Waals surface area contributed by atoms with Crippen molar-refractivity contribution in [3.63, 3.8) is 0 Å². The van der Waals surface area contributed by atoms with Crippen molar-refractivity contribution in [1.29, 1.82) is 0 Å². The Morgan fingerprint density at radius 2 is 2.14 bits per heavy atom. The summed E-state index contributed by atoms with van der Waals surface area (Å²) in [4.78, 5) is 11.5. The van der Waals surface area contributed by atoms with Gasteiger partial charge in [-0.15, -0.1) is 0 Å². The zero-order chi connectivity index (χ0) is 9.76. The topological polar surface area (TPSA) is 44.8 Å². The number of rotatable bonds is 1. The summed E-state index contributed by atoms with van der Waals surface area (Å²) < 4.78 is 16.1. The number of carbonyl (C=O) groups is 1. The molecule has 1 saturated heterocycles. The average Bonchev–Trinajstić information content (AvgIpc) is 2.81. The lowest BCUT2D eigenvalue weighted by Gasteiger charge is -2.36. The molecule has 78 valence electrons. The van der Waals surface area contributed by atoms with Gasteiger partial charge in [-0.1, -0.05) is 0 Å². The van der Waals surface area contributed by atoms with E-state index in [0.29, 0.717) is 19.1 Å². The minimum atomic E-state index is -0.427. The minimum absolute atomic E-state index is 0.0260. The molecule has 4 nitrogen and oxygen atoms in total. The molecule has 1 spiro atoms. The molecule has 14 heavy (non-hydrogen) atoms. The average molecular weight is 198 g/mol. The Bertz CT molecular complexity index is 269. The molecular formula is C10H14O4. The van der Waals surface area contributed by atoms with Crippen LogP contribution in [0.25, 0.3) is 0 Å². The molecule has 2 bridgehead atoms. The first-order valence-electron chi connectivity index (χ1n) is 5.12. The first-order valence-corrected chi connectivity index (χ1v) is 5.12. The van der Waals surface area contributed by atoms with Crippen LogP contribution < -0.4 is 0 Å². The smallest absolute Gasteiger partial charge is 0.309 e. The number of carbonyl (C=O) groups excluding carboxylic acids is 1. The second-order valence-electron chi connectivity index (χ2n) is 4.36. The monoisotopic (exact) mass is 198 g/mol. The molecule has 0 radical (unpaired) electrons. The molecule has 4 rings (SSSR count). The first-order chi connectivity index (χ1) is 6.77. The van der Waals surface area contributed by atoms with Crippen LogP contribution in [0, 0.1) is 17.8 Å². The first kappa shape index (κ1) is 8.68. The molecule has 0 unspecified atom stereocenters. The van der Waals surface area contributed by atoms with Crippen LogP contribution in [-0.2, 0) is 19.0 Å². The summed E-state index contributed by atoms with van der Waals surface area (Å²) in [5, 5.41) is 0. The van der Waals surface area contributed by atoms with E-state index in [-0.39, 0.29) is 17.8 Å². The van der Waals surface area contributed by atoms with E-state index in [4.69, 9.17) is 14.2 Å². The van der Waals surface area contributed by atoms with Gasteiger partial charge in [-0.25, -0.2) is 0 Å². The zero-order valence-corrected chi connectivity index (χ0v) is 8.19.